The lowest BCUT2D eigenvalue weighted by molar-refractivity contribution is 0.818. The third-order valence-electron chi connectivity index (χ3n) is 2.31. The number of hydrogen-bond acceptors (Lipinski definition) is 1. The fourth-order valence-electron chi connectivity index (χ4n) is 1.53. The third-order valence-corrected chi connectivity index (χ3v) is 2.31. The predicted molar refractivity (Wildman–Crippen MR) is 63.7 cm³/mol. The van der Waals surface area contributed by atoms with Gasteiger partial charge in [-0.15, -0.1) is 0 Å². The zero-order valence-electron chi connectivity index (χ0n) is 8.80. The summed E-state index contributed by atoms with van der Waals surface area (Å²) < 4.78 is 0. The molecule has 2 N–H and O–H groups in total. The largest absolute Gasteiger partial charge is 0.360 e. The van der Waals surface area contributed by atoms with E-state index in [1.54, 1.807) is 0 Å². The number of hydrogen-bond donors (Lipinski definition) is 2. The molecular weight excluding hydrogens is 184 g/mol. The Bertz CT molecular complexity index is 500. The zero-order valence-corrected chi connectivity index (χ0v) is 8.80. The molecule has 1 aromatic carbocycles. The molecule has 0 saturated carbocycles. The normalized spacial score (nSPS) is 9.93. The van der Waals surface area contributed by atoms with Gasteiger partial charge >= 0.3 is 0 Å². The Labute approximate surface area is 89.7 Å². The Kier molecular flexibility index (Phi) is 3.06. The second-order valence-electron chi connectivity index (χ2n) is 3.40. The van der Waals surface area contributed by atoms with Crippen LogP contribution < -0.4 is 5.32 Å². The molecule has 0 radical (unpaired) electrons. The highest BCUT2D eigenvalue weighted by Crippen LogP contribution is 2.15. The molecule has 2 heteroatoms. The minimum Gasteiger partial charge on any atom is -0.360 e. The van der Waals surface area contributed by atoms with E-state index in [1.165, 1.54) is 5.39 Å². The average Bonchev–Trinajstić information content (AvgIpc) is 2.73. The molecule has 2 aromatic rings. The van der Waals surface area contributed by atoms with Crippen molar-refractivity contribution in [2.45, 2.75) is 6.42 Å². The van der Waals surface area contributed by atoms with E-state index in [2.05, 4.69) is 34.3 Å². The van der Waals surface area contributed by atoms with Crippen molar-refractivity contribution in [2.24, 2.45) is 0 Å². The molecule has 0 aliphatic rings. The highest BCUT2D eigenvalue weighted by atomic mass is 14.8. The smallest absolute Gasteiger partial charge is 0.0612 e. The van der Waals surface area contributed by atoms with Gasteiger partial charge in [0.2, 0.25) is 0 Å². The molecule has 76 valence electrons. The number of para-hydroxylation sites is 1. The lowest BCUT2D eigenvalue weighted by Gasteiger charge is -1.93. The fourth-order valence-corrected chi connectivity index (χ4v) is 1.53. The van der Waals surface area contributed by atoms with E-state index in [1.807, 2.05) is 25.4 Å². The van der Waals surface area contributed by atoms with Crippen molar-refractivity contribution in [3.63, 3.8) is 0 Å². The molecule has 0 spiro atoms. The lowest BCUT2D eigenvalue weighted by atomic mass is 10.1. The van der Waals surface area contributed by atoms with Gasteiger partial charge in [-0.25, -0.2) is 0 Å². The molecule has 2 rings (SSSR count). The monoisotopic (exact) mass is 198 g/mol. The van der Waals surface area contributed by atoms with E-state index in [4.69, 9.17) is 0 Å². The number of nitrogens with one attached hydrogen (secondary N) is 2. The maximum atomic E-state index is 3.21. The number of H-pyrrole nitrogens is 1. The highest BCUT2D eigenvalue weighted by molar-refractivity contribution is 5.85. The third kappa shape index (κ3) is 2.20. The number of benzene rings is 1. The van der Waals surface area contributed by atoms with Crippen molar-refractivity contribution < 1.29 is 0 Å². The fraction of sp³-hybridized carbons (Fsp3) is 0.231. The summed E-state index contributed by atoms with van der Waals surface area (Å²) in [6.45, 7) is 0.938. The summed E-state index contributed by atoms with van der Waals surface area (Å²) in [5.41, 5.74) is 2.21. The van der Waals surface area contributed by atoms with Gasteiger partial charge in [-0.1, -0.05) is 24.0 Å². The Morgan fingerprint density at radius 3 is 3.13 bits per heavy atom. The van der Waals surface area contributed by atoms with E-state index < -0.39 is 0 Å². The Balaban J connectivity index is 2.26. The van der Waals surface area contributed by atoms with E-state index in [-0.39, 0.29) is 0 Å². The van der Waals surface area contributed by atoms with Gasteiger partial charge in [0.1, 0.15) is 0 Å². The van der Waals surface area contributed by atoms with Crippen LogP contribution in [0.15, 0.2) is 30.5 Å². The molecule has 1 aromatic heterocycles. The van der Waals surface area contributed by atoms with Crippen molar-refractivity contribution in [3.05, 3.63) is 36.0 Å². The van der Waals surface area contributed by atoms with Crippen LogP contribution in [0.3, 0.4) is 0 Å². The molecule has 0 saturated heterocycles. The maximum absolute atomic E-state index is 3.21. The number of fused-ring (bicyclic) bond motifs is 1. The molecule has 0 bridgehead atoms. The van der Waals surface area contributed by atoms with E-state index >= 15 is 0 Å². The first-order chi connectivity index (χ1) is 7.42. The summed E-state index contributed by atoms with van der Waals surface area (Å²) in [4.78, 5) is 3.21. The summed E-state index contributed by atoms with van der Waals surface area (Å²) in [5.74, 6) is 6.34. The minimum absolute atomic E-state index is 0.883. The van der Waals surface area contributed by atoms with Crippen molar-refractivity contribution in [1.82, 2.24) is 10.3 Å². The average molecular weight is 198 g/mol. The zero-order chi connectivity index (χ0) is 10.5. The molecule has 15 heavy (non-hydrogen) atoms. The van der Waals surface area contributed by atoms with Crippen molar-refractivity contribution >= 4 is 10.9 Å². The molecule has 0 unspecified atom stereocenters. The van der Waals surface area contributed by atoms with Gasteiger partial charge in [0.05, 0.1) is 5.52 Å². The number of aromatic nitrogens is 1. The topological polar surface area (TPSA) is 27.8 Å². The van der Waals surface area contributed by atoms with Gasteiger partial charge in [0.15, 0.2) is 0 Å². The van der Waals surface area contributed by atoms with Crippen LogP contribution in [0.1, 0.15) is 12.0 Å². The predicted octanol–water partition coefficient (Wildman–Crippen LogP) is 2.13. The molecule has 2 nitrogen and oxygen atoms in total. The summed E-state index contributed by atoms with van der Waals surface area (Å²) in [5, 5.41) is 4.29. The molecule has 0 fully saturated rings. The standard InChI is InChI=1S/C13H14N2/c1-14-9-3-2-5-11-6-4-7-12-8-10-15-13(11)12/h4,6-8,10,14-15H,3,9H2,1H3. The Hall–Kier alpha value is -1.72. The van der Waals surface area contributed by atoms with Crippen LogP contribution in [0.2, 0.25) is 0 Å². The number of aromatic amines is 1. The molecule has 0 atom stereocenters. The van der Waals surface area contributed by atoms with Crippen LogP contribution >= 0.6 is 0 Å². The summed E-state index contributed by atoms with van der Waals surface area (Å²) >= 11 is 0. The maximum Gasteiger partial charge on any atom is 0.0612 e. The van der Waals surface area contributed by atoms with Gasteiger partial charge in [-0.05, 0) is 19.2 Å². The van der Waals surface area contributed by atoms with Crippen LogP contribution in [-0.4, -0.2) is 18.6 Å². The van der Waals surface area contributed by atoms with E-state index in [9.17, 15) is 0 Å². The van der Waals surface area contributed by atoms with Gasteiger partial charge in [-0.3, -0.25) is 0 Å². The first kappa shape index (κ1) is 9.82. The molecular formula is C13H14N2. The molecule has 1 heterocycles. The lowest BCUT2D eigenvalue weighted by Crippen LogP contribution is -2.05. The second kappa shape index (κ2) is 4.68. The van der Waals surface area contributed by atoms with Crippen LogP contribution in [0, 0.1) is 11.8 Å². The van der Waals surface area contributed by atoms with Crippen LogP contribution in [0.5, 0.6) is 0 Å². The number of rotatable bonds is 2. The Morgan fingerprint density at radius 1 is 1.33 bits per heavy atom. The van der Waals surface area contributed by atoms with Crippen LogP contribution in [0.25, 0.3) is 10.9 Å². The minimum atomic E-state index is 0.883. The summed E-state index contributed by atoms with van der Waals surface area (Å²) in [6.07, 6.45) is 2.83. The van der Waals surface area contributed by atoms with Gasteiger partial charge in [-0.2, -0.15) is 0 Å². The van der Waals surface area contributed by atoms with Gasteiger partial charge in [0.25, 0.3) is 0 Å². The summed E-state index contributed by atoms with van der Waals surface area (Å²) in [6, 6.07) is 8.24. The van der Waals surface area contributed by atoms with E-state index in [0.717, 1.165) is 24.0 Å². The van der Waals surface area contributed by atoms with Gasteiger partial charge in [0, 0.05) is 30.1 Å². The molecule has 0 aliphatic heterocycles. The molecule has 0 aliphatic carbocycles. The quantitative estimate of drug-likeness (QED) is 0.561. The van der Waals surface area contributed by atoms with Crippen molar-refractivity contribution in [2.75, 3.05) is 13.6 Å². The second-order valence-corrected chi connectivity index (χ2v) is 3.40. The SMILES string of the molecule is CNCCC#Cc1cccc2cc[nH]c12. The first-order valence-electron chi connectivity index (χ1n) is 5.11. The van der Waals surface area contributed by atoms with Crippen molar-refractivity contribution in [1.29, 1.82) is 0 Å². The summed E-state index contributed by atoms with van der Waals surface area (Å²) in [7, 11) is 1.94. The van der Waals surface area contributed by atoms with Crippen LogP contribution in [-0.2, 0) is 0 Å². The van der Waals surface area contributed by atoms with Crippen molar-refractivity contribution in [3.8, 4) is 11.8 Å². The first-order valence-corrected chi connectivity index (χ1v) is 5.11. The van der Waals surface area contributed by atoms with E-state index in [0.29, 0.717) is 0 Å². The van der Waals surface area contributed by atoms with Gasteiger partial charge < -0.3 is 10.3 Å². The Morgan fingerprint density at radius 2 is 2.27 bits per heavy atom. The van der Waals surface area contributed by atoms with Crippen LogP contribution in [0.4, 0.5) is 0 Å². The highest BCUT2D eigenvalue weighted by Gasteiger charge is 1.97. The molecule has 0 amide bonds.